The molecular formula is C13H18FN3O2. The van der Waals surface area contributed by atoms with E-state index in [9.17, 15) is 14.3 Å². The highest BCUT2D eigenvalue weighted by Crippen LogP contribution is 2.21. The van der Waals surface area contributed by atoms with Crippen molar-refractivity contribution >= 4 is 5.91 Å². The van der Waals surface area contributed by atoms with Crippen molar-refractivity contribution in [2.45, 2.75) is 18.6 Å². The number of hydrogen-bond donors (Lipinski definition) is 1. The van der Waals surface area contributed by atoms with Gasteiger partial charge in [0.1, 0.15) is 5.82 Å². The molecule has 1 aliphatic rings. The molecule has 104 valence electrons. The zero-order valence-corrected chi connectivity index (χ0v) is 11.1. The van der Waals surface area contributed by atoms with E-state index in [0.29, 0.717) is 13.0 Å². The van der Waals surface area contributed by atoms with Gasteiger partial charge < -0.3 is 14.9 Å². The number of rotatable bonds is 3. The minimum absolute atomic E-state index is 0.0548. The number of carbonyl (C=O) groups excluding carboxylic acids is 1. The molecule has 1 fully saturated rings. The van der Waals surface area contributed by atoms with Gasteiger partial charge in [-0.15, -0.1) is 0 Å². The van der Waals surface area contributed by atoms with Crippen LogP contribution in [0.5, 0.6) is 0 Å². The van der Waals surface area contributed by atoms with Gasteiger partial charge in [-0.05, 0) is 26.6 Å². The first kappa shape index (κ1) is 13.9. The van der Waals surface area contributed by atoms with E-state index in [1.807, 2.05) is 19.0 Å². The van der Waals surface area contributed by atoms with E-state index in [-0.39, 0.29) is 24.1 Å². The van der Waals surface area contributed by atoms with Crippen LogP contribution in [0.2, 0.25) is 0 Å². The van der Waals surface area contributed by atoms with Crippen LogP contribution in [0, 0.1) is 5.82 Å². The van der Waals surface area contributed by atoms with Crippen molar-refractivity contribution in [2.75, 3.05) is 27.2 Å². The lowest BCUT2D eigenvalue weighted by Gasteiger charge is -2.26. The third-order valence-electron chi connectivity index (χ3n) is 3.18. The first-order valence-corrected chi connectivity index (χ1v) is 6.21. The second kappa shape index (κ2) is 5.63. The molecule has 2 heterocycles. The standard InChI is InChI=1S/C13H18FN3O2/c1-16(2)7-11-4-12(18)8-17(11)13(19)9-3-10(14)6-15-5-9/h3,5-6,11-12,18H,4,7-8H2,1-2H3. The SMILES string of the molecule is CN(C)CC1CC(O)CN1C(=O)c1cncc(F)c1. The molecule has 2 rings (SSSR count). The van der Waals surface area contributed by atoms with Crippen LogP contribution < -0.4 is 0 Å². The fourth-order valence-electron chi connectivity index (χ4n) is 2.43. The molecule has 1 amide bonds. The van der Waals surface area contributed by atoms with Crippen LogP contribution in [0.4, 0.5) is 4.39 Å². The van der Waals surface area contributed by atoms with Crippen molar-refractivity contribution in [2.24, 2.45) is 0 Å². The second-order valence-electron chi connectivity index (χ2n) is 5.15. The van der Waals surface area contributed by atoms with Crippen LogP contribution in [0.25, 0.3) is 0 Å². The molecule has 0 spiro atoms. The minimum Gasteiger partial charge on any atom is -0.391 e. The largest absolute Gasteiger partial charge is 0.391 e. The summed E-state index contributed by atoms with van der Waals surface area (Å²) in [4.78, 5) is 19.6. The molecule has 19 heavy (non-hydrogen) atoms. The third-order valence-corrected chi connectivity index (χ3v) is 3.18. The first-order chi connectivity index (χ1) is 8.97. The van der Waals surface area contributed by atoms with E-state index in [1.165, 1.54) is 12.3 Å². The summed E-state index contributed by atoms with van der Waals surface area (Å²) in [6, 6.07) is 1.12. The van der Waals surface area contributed by atoms with Gasteiger partial charge in [-0.1, -0.05) is 0 Å². The van der Waals surface area contributed by atoms with Crippen molar-refractivity contribution < 1.29 is 14.3 Å². The number of aromatic nitrogens is 1. The number of hydrogen-bond acceptors (Lipinski definition) is 4. The number of nitrogens with zero attached hydrogens (tertiary/aromatic N) is 3. The summed E-state index contributed by atoms with van der Waals surface area (Å²) in [5.41, 5.74) is 0.220. The summed E-state index contributed by atoms with van der Waals surface area (Å²) in [7, 11) is 3.83. The average molecular weight is 267 g/mol. The molecule has 0 saturated carbocycles. The van der Waals surface area contributed by atoms with E-state index >= 15 is 0 Å². The molecule has 5 nitrogen and oxygen atoms in total. The summed E-state index contributed by atoms with van der Waals surface area (Å²) in [5, 5.41) is 9.73. The minimum atomic E-state index is -0.533. The summed E-state index contributed by atoms with van der Waals surface area (Å²) >= 11 is 0. The van der Waals surface area contributed by atoms with Crippen LogP contribution in [0.15, 0.2) is 18.5 Å². The number of halogens is 1. The Morgan fingerprint density at radius 1 is 1.58 bits per heavy atom. The fraction of sp³-hybridized carbons (Fsp3) is 0.538. The van der Waals surface area contributed by atoms with Crippen molar-refractivity contribution in [1.82, 2.24) is 14.8 Å². The Labute approximate surface area is 111 Å². The van der Waals surface area contributed by atoms with Gasteiger partial charge in [-0.25, -0.2) is 4.39 Å². The molecule has 0 bridgehead atoms. The topological polar surface area (TPSA) is 56.7 Å². The maximum absolute atomic E-state index is 13.1. The normalized spacial score (nSPS) is 23.1. The summed E-state index contributed by atoms with van der Waals surface area (Å²) in [6.45, 7) is 0.958. The van der Waals surface area contributed by atoms with Crippen LogP contribution in [-0.2, 0) is 0 Å². The van der Waals surface area contributed by atoms with E-state index in [2.05, 4.69) is 4.98 Å². The fourth-order valence-corrected chi connectivity index (χ4v) is 2.43. The first-order valence-electron chi connectivity index (χ1n) is 6.21. The molecule has 6 heteroatoms. The van der Waals surface area contributed by atoms with E-state index in [0.717, 1.165) is 6.20 Å². The molecule has 0 radical (unpaired) electrons. The van der Waals surface area contributed by atoms with Gasteiger partial charge in [0.15, 0.2) is 0 Å². The molecule has 1 N–H and O–H groups in total. The van der Waals surface area contributed by atoms with Gasteiger partial charge in [0, 0.05) is 25.3 Å². The Kier molecular flexibility index (Phi) is 4.11. The van der Waals surface area contributed by atoms with Gasteiger partial charge in [0.2, 0.25) is 0 Å². The lowest BCUT2D eigenvalue weighted by molar-refractivity contribution is 0.0698. The highest BCUT2D eigenvalue weighted by molar-refractivity contribution is 5.94. The van der Waals surface area contributed by atoms with Crippen LogP contribution >= 0.6 is 0 Å². The Morgan fingerprint density at radius 3 is 2.95 bits per heavy atom. The van der Waals surface area contributed by atoms with E-state index in [1.54, 1.807) is 4.90 Å². The predicted molar refractivity (Wildman–Crippen MR) is 68.2 cm³/mol. The van der Waals surface area contributed by atoms with E-state index in [4.69, 9.17) is 0 Å². The van der Waals surface area contributed by atoms with Crippen LogP contribution in [-0.4, -0.2) is 65.1 Å². The maximum Gasteiger partial charge on any atom is 0.255 e. The Bertz CT molecular complexity index is 467. The summed E-state index contributed by atoms with van der Waals surface area (Å²) < 4.78 is 13.1. The third kappa shape index (κ3) is 3.27. The summed E-state index contributed by atoms with van der Waals surface area (Å²) in [6.07, 6.45) is 2.44. The number of likely N-dealkylation sites (tertiary alicyclic amines) is 1. The number of pyridine rings is 1. The van der Waals surface area contributed by atoms with Gasteiger partial charge in [-0.3, -0.25) is 9.78 Å². The summed E-state index contributed by atoms with van der Waals surface area (Å²) in [5.74, 6) is -0.815. The molecule has 2 unspecified atom stereocenters. The number of amides is 1. The zero-order chi connectivity index (χ0) is 14.0. The number of aliphatic hydroxyl groups is 1. The maximum atomic E-state index is 13.1. The quantitative estimate of drug-likeness (QED) is 0.859. The van der Waals surface area contributed by atoms with Crippen LogP contribution in [0.1, 0.15) is 16.8 Å². The number of aliphatic hydroxyl groups excluding tert-OH is 1. The van der Waals surface area contributed by atoms with Gasteiger partial charge >= 0.3 is 0 Å². The predicted octanol–water partition coefficient (Wildman–Crippen LogP) is 0.358. The molecule has 1 aromatic heterocycles. The monoisotopic (exact) mass is 267 g/mol. The lowest BCUT2D eigenvalue weighted by Crippen LogP contribution is -2.41. The zero-order valence-electron chi connectivity index (χ0n) is 11.1. The molecule has 1 aromatic rings. The molecular weight excluding hydrogens is 249 g/mol. The Hall–Kier alpha value is -1.53. The number of likely N-dealkylation sites (N-methyl/N-ethyl adjacent to an activating group) is 1. The van der Waals surface area contributed by atoms with Gasteiger partial charge in [-0.2, -0.15) is 0 Å². The van der Waals surface area contributed by atoms with Crippen molar-refractivity contribution in [3.63, 3.8) is 0 Å². The Morgan fingerprint density at radius 2 is 2.32 bits per heavy atom. The highest BCUT2D eigenvalue weighted by Gasteiger charge is 2.35. The van der Waals surface area contributed by atoms with Gasteiger partial charge in [0.05, 0.1) is 17.9 Å². The van der Waals surface area contributed by atoms with E-state index < -0.39 is 11.9 Å². The van der Waals surface area contributed by atoms with Crippen LogP contribution in [0.3, 0.4) is 0 Å². The molecule has 2 atom stereocenters. The highest BCUT2D eigenvalue weighted by atomic mass is 19.1. The second-order valence-corrected chi connectivity index (χ2v) is 5.15. The van der Waals surface area contributed by atoms with Crippen molar-refractivity contribution in [3.8, 4) is 0 Å². The average Bonchev–Trinajstić information content (AvgIpc) is 2.68. The van der Waals surface area contributed by atoms with Gasteiger partial charge in [0.25, 0.3) is 5.91 Å². The molecule has 1 saturated heterocycles. The molecule has 0 aromatic carbocycles. The Balaban J connectivity index is 2.17. The number of carbonyl (C=O) groups is 1. The molecule has 1 aliphatic heterocycles. The lowest BCUT2D eigenvalue weighted by atomic mass is 10.1. The smallest absolute Gasteiger partial charge is 0.255 e. The number of β-amino-alcohol motifs (C(OH)–C–C–N with tert-alkyl or cyclic N) is 1. The molecule has 0 aliphatic carbocycles. The van der Waals surface area contributed by atoms with Crippen molar-refractivity contribution in [1.29, 1.82) is 0 Å². The van der Waals surface area contributed by atoms with Crippen molar-refractivity contribution in [3.05, 3.63) is 29.8 Å².